The van der Waals surface area contributed by atoms with Crippen molar-refractivity contribution in [1.29, 1.82) is 0 Å². The van der Waals surface area contributed by atoms with Crippen LogP contribution in [0.4, 0.5) is 0 Å². The normalized spacial score (nSPS) is 20.7. The van der Waals surface area contributed by atoms with Crippen molar-refractivity contribution < 1.29 is 14.4 Å². The van der Waals surface area contributed by atoms with Gasteiger partial charge in [-0.3, -0.25) is 19.7 Å². The molecule has 3 rings (SSSR count). The van der Waals surface area contributed by atoms with E-state index < -0.39 is 6.04 Å². The van der Waals surface area contributed by atoms with Crippen molar-refractivity contribution in [2.75, 3.05) is 0 Å². The molecule has 2 heterocycles. The minimum atomic E-state index is -0.531. The number of fused-ring (bicyclic) bond motifs is 1. The molecule has 1 N–H and O–H groups in total. The molecule has 0 spiro atoms. The van der Waals surface area contributed by atoms with Crippen LogP contribution in [0.25, 0.3) is 0 Å². The second-order valence-corrected chi connectivity index (χ2v) is 6.30. The van der Waals surface area contributed by atoms with Gasteiger partial charge in [0.2, 0.25) is 11.8 Å². The van der Waals surface area contributed by atoms with Crippen molar-refractivity contribution in [1.82, 2.24) is 10.2 Å². The molecule has 3 amide bonds. The molecule has 0 aliphatic carbocycles. The van der Waals surface area contributed by atoms with E-state index in [0.717, 1.165) is 24.8 Å². The molecule has 5 heteroatoms. The molecule has 2 aliphatic heterocycles. The third kappa shape index (κ3) is 3.00. The average molecular weight is 314 g/mol. The molecule has 2 aliphatic rings. The van der Waals surface area contributed by atoms with Gasteiger partial charge >= 0.3 is 0 Å². The first-order valence-corrected chi connectivity index (χ1v) is 8.37. The smallest absolute Gasteiger partial charge is 0.255 e. The van der Waals surface area contributed by atoms with Crippen LogP contribution in [0.15, 0.2) is 18.2 Å². The van der Waals surface area contributed by atoms with E-state index in [9.17, 15) is 14.4 Å². The Bertz CT molecular complexity index is 654. The minimum Gasteiger partial charge on any atom is -0.322 e. The fourth-order valence-corrected chi connectivity index (χ4v) is 3.45. The zero-order valence-electron chi connectivity index (χ0n) is 13.4. The van der Waals surface area contributed by atoms with Crippen LogP contribution in [-0.4, -0.2) is 28.7 Å². The van der Waals surface area contributed by atoms with Crippen molar-refractivity contribution in [3.05, 3.63) is 34.9 Å². The number of amides is 3. The summed E-state index contributed by atoms with van der Waals surface area (Å²) in [5.74, 6) is -0.697. The monoisotopic (exact) mass is 314 g/mol. The number of carbonyl (C=O) groups excluding carboxylic acids is 3. The quantitative estimate of drug-likeness (QED) is 0.669. The van der Waals surface area contributed by atoms with E-state index in [1.165, 1.54) is 12.0 Å². The molecule has 1 unspecified atom stereocenters. The lowest BCUT2D eigenvalue weighted by Gasteiger charge is -2.29. The van der Waals surface area contributed by atoms with Crippen molar-refractivity contribution in [2.45, 2.75) is 58.0 Å². The number of aryl methyl sites for hydroxylation is 1. The summed E-state index contributed by atoms with van der Waals surface area (Å²) in [4.78, 5) is 37.6. The van der Waals surface area contributed by atoms with Crippen LogP contribution in [0.2, 0.25) is 0 Å². The van der Waals surface area contributed by atoms with Gasteiger partial charge in [0.05, 0.1) is 0 Å². The number of hydrogen-bond acceptors (Lipinski definition) is 3. The highest BCUT2D eigenvalue weighted by molar-refractivity contribution is 6.05. The Morgan fingerprint density at radius 1 is 1.22 bits per heavy atom. The van der Waals surface area contributed by atoms with Gasteiger partial charge in [-0.1, -0.05) is 31.9 Å². The van der Waals surface area contributed by atoms with Gasteiger partial charge in [0.15, 0.2) is 0 Å². The predicted octanol–water partition coefficient (Wildman–Crippen LogP) is 2.18. The van der Waals surface area contributed by atoms with Gasteiger partial charge in [-0.25, -0.2) is 0 Å². The van der Waals surface area contributed by atoms with Crippen LogP contribution < -0.4 is 5.32 Å². The molecule has 122 valence electrons. The zero-order chi connectivity index (χ0) is 16.4. The number of carbonyl (C=O) groups is 3. The van der Waals surface area contributed by atoms with Gasteiger partial charge in [0.1, 0.15) is 6.04 Å². The molecule has 0 aromatic heterocycles. The molecule has 0 bridgehead atoms. The van der Waals surface area contributed by atoms with E-state index in [2.05, 4.69) is 18.3 Å². The largest absolute Gasteiger partial charge is 0.322 e. The summed E-state index contributed by atoms with van der Waals surface area (Å²) in [5, 5.41) is 2.34. The van der Waals surface area contributed by atoms with E-state index in [4.69, 9.17) is 0 Å². The molecule has 1 aromatic rings. The predicted molar refractivity (Wildman–Crippen MR) is 85.7 cm³/mol. The average Bonchev–Trinajstić information content (AvgIpc) is 2.86. The van der Waals surface area contributed by atoms with E-state index in [1.54, 1.807) is 4.90 Å². The molecule has 0 saturated carbocycles. The molecule has 1 saturated heterocycles. The number of piperidine rings is 1. The summed E-state index contributed by atoms with van der Waals surface area (Å²) in [5.41, 5.74) is 2.97. The highest BCUT2D eigenvalue weighted by atomic mass is 16.2. The van der Waals surface area contributed by atoms with Gasteiger partial charge in [-0.05, 0) is 36.5 Å². The number of hydrogen-bond donors (Lipinski definition) is 1. The van der Waals surface area contributed by atoms with Crippen molar-refractivity contribution in [2.24, 2.45) is 0 Å². The highest BCUT2D eigenvalue weighted by Gasteiger charge is 2.39. The second kappa shape index (κ2) is 6.52. The molecule has 1 atom stereocenters. The molecule has 23 heavy (non-hydrogen) atoms. The summed E-state index contributed by atoms with van der Waals surface area (Å²) in [6, 6.07) is 5.31. The van der Waals surface area contributed by atoms with Crippen LogP contribution in [0, 0.1) is 0 Å². The Kier molecular flexibility index (Phi) is 4.46. The van der Waals surface area contributed by atoms with Crippen LogP contribution >= 0.6 is 0 Å². The Balaban J connectivity index is 1.80. The summed E-state index contributed by atoms with van der Waals surface area (Å²) in [6.07, 6.45) is 5.12. The molecule has 1 aromatic carbocycles. The number of nitrogens with one attached hydrogen (secondary N) is 1. The number of benzene rings is 1. The lowest BCUT2D eigenvalue weighted by atomic mass is 9.98. The molecule has 0 radical (unpaired) electrons. The maximum Gasteiger partial charge on any atom is 0.255 e. The van der Waals surface area contributed by atoms with Crippen molar-refractivity contribution in [3.63, 3.8) is 0 Å². The topological polar surface area (TPSA) is 66.5 Å². The van der Waals surface area contributed by atoms with E-state index in [0.29, 0.717) is 24.9 Å². The van der Waals surface area contributed by atoms with Crippen LogP contribution in [-0.2, 0) is 22.6 Å². The lowest BCUT2D eigenvalue weighted by molar-refractivity contribution is -0.136. The first-order valence-electron chi connectivity index (χ1n) is 8.37. The van der Waals surface area contributed by atoms with Gasteiger partial charge in [-0.15, -0.1) is 0 Å². The van der Waals surface area contributed by atoms with Gasteiger partial charge in [0, 0.05) is 18.5 Å². The molecule has 1 fully saturated rings. The van der Waals surface area contributed by atoms with Crippen LogP contribution in [0.5, 0.6) is 0 Å². The number of unbranched alkanes of at least 4 members (excludes halogenated alkanes) is 2. The lowest BCUT2D eigenvalue weighted by Crippen LogP contribution is -2.52. The summed E-state index contributed by atoms with van der Waals surface area (Å²) >= 11 is 0. The van der Waals surface area contributed by atoms with Crippen molar-refractivity contribution in [3.8, 4) is 0 Å². The molecular weight excluding hydrogens is 292 g/mol. The maximum absolute atomic E-state index is 12.7. The van der Waals surface area contributed by atoms with Gasteiger partial charge < -0.3 is 4.90 Å². The Morgan fingerprint density at radius 3 is 2.78 bits per heavy atom. The van der Waals surface area contributed by atoms with Crippen molar-refractivity contribution >= 4 is 17.7 Å². The van der Waals surface area contributed by atoms with Crippen LogP contribution in [0.3, 0.4) is 0 Å². The standard InChI is InChI=1S/C18H22N2O3/c1-2-3-4-6-12-7-5-8-13-14(12)11-20(18(13)23)15-9-10-16(21)19-17(15)22/h5,7-8,15H,2-4,6,9-11H2,1H3,(H,19,21,22). The first-order chi connectivity index (χ1) is 11.1. The number of imide groups is 1. The molecular formula is C18H22N2O3. The first kappa shape index (κ1) is 15.7. The Labute approximate surface area is 136 Å². The van der Waals surface area contributed by atoms with E-state index >= 15 is 0 Å². The highest BCUT2D eigenvalue weighted by Crippen LogP contribution is 2.30. The molecule has 5 nitrogen and oxygen atoms in total. The second-order valence-electron chi connectivity index (χ2n) is 6.30. The van der Waals surface area contributed by atoms with Crippen LogP contribution in [0.1, 0.15) is 60.5 Å². The third-order valence-electron chi connectivity index (χ3n) is 4.73. The van der Waals surface area contributed by atoms with Gasteiger partial charge in [0.25, 0.3) is 5.91 Å². The summed E-state index contributed by atoms with van der Waals surface area (Å²) in [6.45, 7) is 2.65. The maximum atomic E-state index is 12.7. The summed E-state index contributed by atoms with van der Waals surface area (Å²) < 4.78 is 0. The minimum absolute atomic E-state index is 0.0909. The summed E-state index contributed by atoms with van der Waals surface area (Å²) in [7, 11) is 0. The van der Waals surface area contributed by atoms with Gasteiger partial charge in [-0.2, -0.15) is 0 Å². The van der Waals surface area contributed by atoms with E-state index in [1.807, 2.05) is 12.1 Å². The fraction of sp³-hybridized carbons (Fsp3) is 0.500. The Hall–Kier alpha value is -2.17. The zero-order valence-corrected chi connectivity index (χ0v) is 13.4. The number of rotatable bonds is 5. The fourth-order valence-electron chi connectivity index (χ4n) is 3.45. The number of nitrogens with zero attached hydrogens (tertiary/aromatic N) is 1. The van der Waals surface area contributed by atoms with E-state index in [-0.39, 0.29) is 17.7 Å². The Morgan fingerprint density at radius 2 is 2.04 bits per heavy atom. The third-order valence-corrected chi connectivity index (χ3v) is 4.73. The SMILES string of the molecule is CCCCCc1cccc2c1CN(C1CCC(=O)NC1=O)C2=O.